The predicted molar refractivity (Wildman–Crippen MR) is 86.3 cm³/mol. The largest absolute Gasteiger partial charge is 0.379 e. The van der Waals surface area contributed by atoms with Crippen LogP contribution < -0.4 is 0 Å². The lowest BCUT2D eigenvalue weighted by Crippen LogP contribution is -2.34. The molecule has 0 saturated carbocycles. The fraction of sp³-hybridized carbons (Fsp3) is 0.211. The van der Waals surface area contributed by atoms with Gasteiger partial charge in [-0.1, -0.05) is 42.5 Å². The van der Waals surface area contributed by atoms with E-state index < -0.39 is 5.60 Å². The summed E-state index contributed by atoms with van der Waals surface area (Å²) < 4.78 is 16.6. The number of hydrogen-bond acceptors (Lipinski definition) is 2. The number of aromatic nitrogens is 2. The molecule has 0 saturated heterocycles. The quantitative estimate of drug-likeness (QED) is 0.783. The smallest absolute Gasteiger partial charge is 0.131 e. The summed E-state index contributed by atoms with van der Waals surface area (Å²) in [5, 5.41) is 11.1. The Morgan fingerprint density at radius 1 is 1.13 bits per heavy atom. The molecule has 0 spiro atoms. The van der Waals surface area contributed by atoms with E-state index in [1.54, 1.807) is 18.6 Å². The Kier molecular flexibility index (Phi) is 3.27. The van der Waals surface area contributed by atoms with Gasteiger partial charge in [0.05, 0.1) is 18.2 Å². The standard InChI is InChI=1S/C19H17FN2O/c20-17-11-15(7-8-16(17)14-5-2-1-3-6-14)19(23)9-4-10-22-13-21-12-18(19)22/h1-3,5-8,11-13,23H,4,9-10H2. The highest BCUT2D eigenvalue weighted by molar-refractivity contribution is 5.64. The molecule has 2 aromatic carbocycles. The maximum atomic E-state index is 14.6. The van der Waals surface area contributed by atoms with Crippen molar-refractivity contribution in [3.63, 3.8) is 0 Å². The second-order valence-electron chi connectivity index (χ2n) is 6.00. The van der Waals surface area contributed by atoms with Crippen LogP contribution in [0.3, 0.4) is 0 Å². The molecule has 0 radical (unpaired) electrons. The van der Waals surface area contributed by atoms with Gasteiger partial charge < -0.3 is 9.67 Å². The van der Waals surface area contributed by atoms with E-state index in [0.717, 1.165) is 24.2 Å². The molecule has 4 rings (SSSR count). The van der Waals surface area contributed by atoms with Crippen molar-refractivity contribution in [2.45, 2.75) is 25.0 Å². The van der Waals surface area contributed by atoms with Crippen LogP contribution >= 0.6 is 0 Å². The number of rotatable bonds is 2. The van der Waals surface area contributed by atoms with Crippen LogP contribution in [-0.4, -0.2) is 14.7 Å². The lowest BCUT2D eigenvalue weighted by molar-refractivity contribution is 0.0466. The van der Waals surface area contributed by atoms with E-state index in [9.17, 15) is 9.50 Å². The Balaban J connectivity index is 1.79. The van der Waals surface area contributed by atoms with Crippen molar-refractivity contribution >= 4 is 0 Å². The first-order chi connectivity index (χ1) is 11.2. The van der Waals surface area contributed by atoms with E-state index in [-0.39, 0.29) is 5.82 Å². The van der Waals surface area contributed by atoms with E-state index in [1.807, 2.05) is 41.0 Å². The van der Waals surface area contributed by atoms with Gasteiger partial charge in [-0.25, -0.2) is 9.37 Å². The minimum atomic E-state index is -1.18. The molecule has 4 heteroatoms. The molecule has 0 bridgehead atoms. The van der Waals surface area contributed by atoms with Gasteiger partial charge in [0, 0.05) is 12.1 Å². The maximum absolute atomic E-state index is 14.6. The van der Waals surface area contributed by atoms with E-state index in [2.05, 4.69) is 4.98 Å². The molecular formula is C19H17FN2O. The average molecular weight is 308 g/mol. The van der Waals surface area contributed by atoms with E-state index >= 15 is 0 Å². The Labute approximate surface area is 134 Å². The van der Waals surface area contributed by atoms with E-state index in [1.165, 1.54) is 6.07 Å². The summed E-state index contributed by atoms with van der Waals surface area (Å²) in [6, 6.07) is 14.4. The average Bonchev–Trinajstić information content (AvgIpc) is 3.06. The Morgan fingerprint density at radius 3 is 2.74 bits per heavy atom. The molecule has 3 nitrogen and oxygen atoms in total. The van der Waals surface area contributed by atoms with Gasteiger partial charge >= 0.3 is 0 Å². The molecule has 23 heavy (non-hydrogen) atoms. The SMILES string of the molecule is OC1(c2ccc(-c3ccccc3)c(F)c2)CCCn2cncc21. The second-order valence-corrected chi connectivity index (χ2v) is 6.00. The second kappa shape index (κ2) is 5.32. The topological polar surface area (TPSA) is 38.0 Å². The van der Waals surface area contributed by atoms with Gasteiger partial charge in [-0.05, 0) is 30.0 Å². The van der Waals surface area contributed by atoms with Gasteiger partial charge in [0.25, 0.3) is 0 Å². The first-order valence-electron chi connectivity index (χ1n) is 7.77. The van der Waals surface area contributed by atoms with Crippen LogP contribution in [-0.2, 0) is 12.1 Å². The molecule has 1 atom stereocenters. The molecular weight excluding hydrogens is 291 g/mol. The molecule has 1 unspecified atom stereocenters. The summed E-state index contributed by atoms with van der Waals surface area (Å²) in [6.45, 7) is 0.836. The van der Waals surface area contributed by atoms with Crippen LogP contribution in [0.25, 0.3) is 11.1 Å². The molecule has 2 heterocycles. The number of aliphatic hydroxyl groups is 1. The summed E-state index contributed by atoms with van der Waals surface area (Å²) >= 11 is 0. The molecule has 1 aromatic heterocycles. The number of hydrogen-bond donors (Lipinski definition) is 1. The zero-order valence-electron chi connectivity index (χ0n) is 12.6. The monoisotopic (exact) mass is 308 g/mol. The van der Waals surface area contributed by atoms with Crippen molar-refractivity contribution in [2.75, 3.05) is 0 Å². The Bertz CT molecular complexity index is 844. The molecule has 1 aliphatic rings. The van der Waals surface area contributed by atoms with Gasteiger partial charge in [-0.3, -0.25) is 0 Å². The minimum absolute atomic E-state index is 0.321. The van der Waals surface area contributed by atoms with Crippen molar-refractivity contribution in [1.82, 2.24) is 9.55 Å². The molecule has 0 amide bonds. The van der Waals surface area contributed by atoms with Crippen LogP contribution in [0.15, 0.2) is 61.1 Å². The van der Waals surface area contributed by atoms with Crippen LogP contribution in [0.4, 0.5) is 4.39 Å². The zero-order valence-corrected chi connectivity index (χ0v) is 12.6. The van der Waals surface area contributed by atoms with Gasteiger partial charge in [-0.2, -0.15) is 0 Å². The number of halogens is 1. The van der Waals surface area contributed by atoms with Crippen LogP contribution in [0.5, 0.6) is 0 Å². The van der Waals surface area contributed by atoms with Crippen molar-refractivity contribution in [3.8, 4) is 11.1 Å². The van der Waals surface area contributed by atoms with Crippen LogP contribution in [0.1, 0.15) is 24.1 Å². The lowest BCUT2D eigenvalue weighted by Gasteiger charge is -2.33. The van der Waals surface area contributed by atoms with Crippen molar-refractivity contribution in [1.29, 1.82) is 0 Å². The molecule has 0 aliphatic carbocycles. The highest BCUT2D eigenvalue weighted by Gasteiger charge is 2.37. The summed E-state index contributed by atoms with van der Waals surface area (Å²) in [5.74, 6) is -0.321. The summed E-state index contributed by atoms with van der Waals surface area (Å²) in [5.41, 5.74) is 1.51. The first kappa shape index (κ1) is 14.2. The van der Waals surface area contributed by atoms with E-state index in [4.69, 9.17) is 0 Å². The minimum Gasteiger partial charge on any atom is -0.379 e. The van der Waals surface area contributed by atoms with Crippen LogP contribution in [0, 0.1) is 5.82 Å². The van der Waals surface area contributed by atoms with Gasteiger partial charge in [0.2, 0.25) is 0 Å². The number of nitrogens with zero attached hydrogens (tertiary/aromatic N) is 2. The highest BCUT2D eigenvalue weighted by Crippen LogP contribution is 2.38. The molecule has 1 aliphatic heterocycles. The Morgan fingerprint density at radius 2 is 1.96 bits per heavy atom. The van der Waals surface area contributed by atoms with Crippen LogP contribution in [0.2, 0.25) is 0 Å². The predicted octanol–water partition coefficient (Wildman–Crippen LogP) is 3.72. The molecule has 1 N–H and O–H groups in total. The zero-order chi connectivity index (χ0) is 15.9. The number of imidazole rings is 1. The summed E-state index contributed by atoms with van der Waals surface area (Å²) in [4.78, 5) is 4.12. The number of aryl methyl sites for hydroxylation is 1. The lowest BCUT2D eigenvalue weighted by atomic mass is 9.83. The third kappa shape index (κ3) is 2.26. The van der Waals surface area contributed by atoms with Crippen molar-refractivity contribution < 1.29 is 9.50 Å². The summed E-state index contributed by atoms with van der Waals surface area (Å²) in [7, 11) is 0. The first-order valence-corrected chi connectivity index (χ1v) is 7.77. The molecule has 116 valence electrons. The highest BCUT2D eigenvalue weighted by atomic mass is 19.1. The van der Waals surface area contributed by atoms with Gasteiger partial charge in [-0.15, -0.1) is 0 Å². The summed E-state index contributed by atoms with van der Waals surface area (Å²) in [6.07, 6.45) is 4.79. The normalized spacial score (nSPS) is 20.3. The van der Waals surface area contributed by atoms with Crippen molar-refractivity contribution in [3.05, 3.63) is 78.1 Å². The number of fused-ring (bicyclic) bond motifs is 1. The van der Waals surface area contributed by atoms with Gasteiger partial charge in [0.1, 0.15) is 11.4 Å². The van der Waals surface area contributed by atoms with Gasteiger partial charge in [0.15, 0.2) is 0 Å². The fourth-order valence-corrected chi connectivity index (χ4v) is 3.39. The van der Waals surface area contributed by atoms with Crippen molar-refractivity contribution in [2.24, 2.45) is 0 Å². The van der Waals surface area contributed by atoms with E-state index in [0.29, 0.717) is 17.5 Å². The Hall–Kier alpha value is -2.46. The third-order valence-corrected chi connectivity index (χ3v) is 4.61. The molecule has 0 fully saturated rings. The fourth-order valence-electron chi connectivity index (χ4n) is 3.39. The molecule has 3 aromatic rings. The maximum Gasteiger partial charge on any atom is 0.131 e. The number of benzene rings is 2. The third-order valence-electron chi connectivity index (χ3n) is 4.61.